The van der Waals surface area contributed by atoms with Crippen molar-refractivity contribution in [3.05, 3.63) is 0 Å². The Hall–Kier alpha value is -1.47. The Balaban J connectivity index is 2.09. The molecule has 1 aliphatic carbocycles. The molecule has 0 aromatic rings. The van der Waals surface area contributed by atoms with Crippen LogP contribution in [0.3, 0.4) is 0 Å². The van der Waals surface area contributed by atoms with Crippen LogP contribution in [0.4, 0.5) is 0 Å². The Morgan fingerprint density at radius 1 is 0.966 bits per heavy atom. The van der Waals surface area contributed by atoms with Crippen LogP contribution in [0, 0.1) is 11.8 Å². The molecule has 1 atom stereocenters. The van der Waals surface area contributed by atoms with Gasteiger partial charge in [-0.25, -0.2) is 0 Å². The van der Waals surface area contributed by atoms with Crippen LogP contribution < -0.4 is 10.6 Å². The predicted molar refractivity (Wildman–Crippen MR) is 113 cm³/mol. The van der Waals surface area contributed by atoms with Gasteiger partial charge in [0.05, 0.1) is 25.9 Å². The molecule has 1 saturated carbocycles. The minimum atomic E-state index is -0.000548. The number of hydrogen-bond donors (Lipinski definition) is 2. The molecule has 1 aliphatic rings. The predicted octanol–water partition coefficient (Wildman–Crippen LogP) is 2.61. The summed E-state index contributed by atoms with van der Waals surface area (Å²) >= 11 is 0. The summed E-state index contributed by atoms with van der Waals surface area (Å²) in [5, 5.41) is 5.96. The molecule has 29 heavy (non-hydrogen) atoms. The fraction of sp³-hybridized carbons (Fsp3) is 0.864. The first-order valence-electron chi connectivity index (χ1n) is 11.1. The second kappa shape index (κ2) is 14.5. The summed E-state index contributed by atoms with van der Waals surface area (Å²) in [4.78, 5) is 35.9. The quantitative estimate of drug-likeness (QED) is 0.428. The zero-order chi connectivity index (χ0) is 21.6. The molecule has 7 heteroatoms. The highest BCUT2D eigenvalue weighted by Crippen LogP contribution is 2.24. The summed E-state index contributed by atoms with van der Waals surface area (Å²) in [5.41, 5.74) is 0. The topological polar surface area (TPSA) is 93.7 Å². The summed E-state index contributed by atoms with van der Waals surface area (Å²) in [6, 6.07) is 0.150. The van der Waals surface area contributed by atoms with Crippen LogP contribution in [0.5, 0.6) is 0 Å². The van der Waals surface area contributed by atoms with Crippen molar-refractivity contribution in [2.24, 2.45) is 11.8 Å². The maximum Gasteiger partial charge on any atom is 0.223 e. The van der Waals surface area contributed by atoms with E-state index < -0.39 is 0 Å². The van der Waals surface area contributed by atoms with E-state index in [1.165, 1.54) is 0 Å². The molecule has 1 rings (SSSR count). The van der Waals surface area contributed by atoms with Crippen molar-refractivity contribution < 1.29 is 23.9 Å². The van der Waals surface area contributed by atoms with Gasteiger partial charge in [0, 0.05) is 37.3 Å². The van der Waals surface area contributed by atoms with Gasteiger partial charge < -0.3 is 20.1 Å². The fourth-order valence-electron chi connectivity index (χ4n) is 3.33. The number of carbonyl (C=O) groups is 3. The summed E-state index contributed by atoms with van der Waals surface area (Å²) in [6.07, 6.45) is 5.01. The maximum atomic E-state index is 12.3. The van der Waals surface area contributed by atoms with Gasteiger partial charge in [-0.1, -0.05) is 13.8 Å². The Labute approximate surface area is 175 Å². The Morgan fingerprint density at radius 2 is 1.66 bits per heavy atom. The molecular weight excluding hydrogens is 372 g/mol. The highest BCUT2D eigenvalue weighted by Gasteiger charge is 2.26. The Kier molecular flexibility index (Phi) is 12.8. The molecule has 0 aromatic heterocycles. The summed E-state index contributed by atoms with van der Waals surface area (Å²) in [7, 11) is 0. The molecule has 1 fully saturated rings. The van der Waals surface area contributed by atoms with Crippen LogP contribution >= 0.6 is 0 Å². The molecule has 0 aliphatic heterocycles. The largest absolute Gasteiger partial charge is 0.379 e. The standard InChI is InChI=1S/C22H40N2O5/c1-5-17(4)20(25)10-13-28-15-12-23-22(27)18-6-8-19(9-7-18)24-21(26)11-14-29-16(2)3/h16-19H,5-15H2,1-4H3,(H,23,27)(H,24,26). The average molecular weight is 413 g/mol. The van der Waals surface area contributed by atoms with E-state index in [0.717, 1.165) is 32.1 Å². The number of ether oxygens (including phenoxy) is 2. The monoisotopic (exact) mass is 412 g/mol. The van der Waals surface area contributed by atoms with Gasteiger partial charge in [0.1, 0.15) is 5.78 Å². The Morgan fingerprint density at radius 3 is 2.28 bits per heavy atom. The minimum absolute atomic E-state index is 0.000548. The third-order valence-corrected chi connectivity index (χ3v) is 5.44. The summed E-state index contributed by atoms with van der Waals surface area (Å²) < 4.78 is 10.8. The van der Waals surface area contributed by atoms with Crippen molar-refractivity contribution in [1.29, 1.82) is 0 Å². The number of rotatable bonds is 14. The van der Waals surface area contributed by atoms with Crippen LogP contribution in [-0.2, 0) is 23.9 Å². The number of carbonyl (C=O) groups excluding carboxylic acids is 3. The first kappa shape index (κ1) is 25.6. The SMILES string of the molecule is CCC(C)C(=O)CCOCCNC(=O)C1CCC(NC(=O)CCOC(C)C)CC1. The molecule has 0 radical (unpaired) electrons. The van der Waals surface area contributed by atoms with Gasteiger partial charge in [-0.3, -0.25) is 14.4 Å². The number of hydrogen-bond acceptors (Lipinski definition) is 5. The summed E-state index contributed by atoms with van der Waals surface area (Å²) in [6.45, 7) is 9.57. The van der Waals surface area contributed by atoms with Gasteiger partial charge in [-0.05, 0) is 46.0 Å². The van der Waals surface area contributed by atoms with Crippen molar-refractivity contribution in [1.82, 2.24) is 10.6 Å². The third kappa shape index (κ3) is 11.3. The van der Waals surface area contributed by atoms with E-state index in [2.05, 4.69) is 10.6 Å². The van der Waals surface area contributed by atoms with Crippen molar-refractivity contribution in [3.8, 4) is 0 Å². The van der Waals surface area contributed by atoms with Gasteiger partial charge in [0.2, 0.25) is 11.8 Å². The fourth-order valence-corrected chi connectivity index (χ4v) is 3.33. The molecule has 0 heterocycles. The van der Waals surface area contributed by atoms with Crippen LogP contribution in [0.15, 0.2) is 0 Å². The lowest BCUT2D eigenvalue weighted by Gasteiger charge is -2.28. The minimum Gasteiger partial charge on any atom is -0.379 e. The molecule has 0 saturated heterocycles. The van der Waals surface area contributed by atoms with Gasteiger partial charge >= 0.3 is 0 Å². The van der Waals surface area contributed by atoms with Crippen molar-refractivity contribution in [2.75, 3.05) is 26.4 Å². The number of ketones is 1. The molecule has 7 nitrogen and oxygen atoms in total. The lowest BCUT2D eigenvalue weighted by Crippen LogP contribution is -2.41. The smallest absolute Gasteiger partial charge is 0.223 e. The van der Waals surface area contributed by atoms with E-state index in [4.69, 9.17) is 9.47 Å². The van der Waals surface area contributed by atoms with E-state index >= 15 is 0 Å². The van der Waals surface area contributed by atoms with Gasteiger partial charge in [-0.2, -0.15) is 0 Å². The molecule has 0 spiro atoms. The van der Waals surface area contributed by atoms with Crippen LogP contribution in [0.25, 0.3) is 0 Å². The molecule has 2 N–H and O–H groups in total. The van der Waals surface area contributed by atoms with Crippen molar-refractivity contribution in [3.63, 3.8) is 0 Å². The normalized spacial score (nSPS) is 20.3. The average Bonchev–Trinajstić information content (AvgIpc) is 2.69. The molecule has 0 bridgehead atoms. The second-order valence-electron chi connectivity index (χ2n) is 8.21. The van der Waals surface area contributed by atoms with Crippen LogP contribution in [-0.4, -0.2) is 56.1 Å². The first-order chi connectivity index (χ1) is 13.8. The van der Waals surface area contributed by atoms with E-state index in [9.17, 15) is 14.4 Å². The van der Waals surface area contributed by atoms with Crippen LogP contribution in [0.2, 0.25) is 0 Å². The Bertz CT molecular complexity index is 501. The zero-order valence-electron chi connectivity index (χ0n) is 18.6. The lowest BCUT2D eigenvalue weighted by molar-refractivity contribution is -0.127. The third-order valence-electron chi connectivity index (χ3n) is 5.44. The van der Waals surface area contributed by atoms with Crippen molar-refractivity contribution >= 4 is 17.6 Å². The van der Waals surface area contributed by atoms with Gasteiger partial charge in [-0.15, -0.1) is 0 Å². The van der Waals surface area contributed by atoms with Crippen LogP contribution in [0.1, 0.15) is 72.6 Å². The number of amides is 2. The number of nitrogens with one attached hydrogen (secondary N) is 2. The first-order valence-corrected chi connectivity index (χ1v) is 11.1. The molecular formula is C22H40N2O5. The second-order valence-corrected chi connectivity index (χ2v) is 8.21. The zero-order valence-corrected chi connectivity index (χ0v) is 18.6. The van der Waals surface area contributed by atoms with E-state index in [-0.39, 0.29) is 41.6 Å². The lowest BCUT2D eigenvalue weighted by atomic mass is 9.85. The van der Waals surface area contributed by atoms with Crippen molar-refractivity contribution in [2.45, 2.75) is 84.8 Å². The van der Waals surface area contributed by atoms with E-state index in [0.29, 0.717) is 39.2 Å². The summed E-state index contributed by atoms with van der Waals surface area (Å²) in [5.74, 6) is 0.390. The highest BCUT2D eigenvalue weighted by atomic mass is 16.5. The maximum absolute atomic E-state index is 12.3. The van der Waals surface area contributed by atoms with Gasteiger partial charge in [0.15, 0.2) is 0 Å². The van der Waals surface area contributed by atoms with E-state index in [1.54, 1.807) is 0 Å². The molecule has 168 valence electrons. The van der Waals surface area contributed by atoms with E-state index in [1.807, 2.05) is 27.7 Å². The number of Topliss-reactive ketones (excluding diaryl/α,β-unsaturated/α-hetero) is 1. The van der Waals surface area contributed by atoms with Gasteiger partial charge in [0.25, 0.3) is 0 Å². The molecule has 0 aromatic carbocycles. The molecule has 1 unspecified atom stereocenters. The molecule has 2 amide bonds. The highest BCUT2D eigenvalue weighted by molar-refractivity contribution is 5.80.